The molecule has 1 aliphatic rings. The maximum atomic E-state index is 11.9. The van der Waals surface area contributed by atoms with E-state index < -0.39 is 60.3 Å². The van der Waals surface area contributed by atoms with Crippen LogP contribution in [-0.2, 0) is 20.1 Å². The molecule has 0 aromatic heterocycles. The average Bonchev–Trinajstić information content (AvgIpc) is 2.67. The van der Waals surface area contributed by atoms with Crippen LogP contribution in [0.25, 0.3) is 0 Å². The van der Waals surface area contributed by atoms with E-state index in [-0.39, 0.29) is 11.9 Å². The SMILES string of the molecule is CC(=O)N[C@H]1[C@H]([C@H](O)[C@H](O)CO)O[C@](SCc2ccccc2)(C(=O)[O-])C[C@@H]1O.[NH4+]. The fourth-order valence-electron chi connectivity index (χ4n) is 3.04. The Kier molecular flexibility index (Phi) is 9.49. The number of carbonyl (C=O) groups excluding carboxylic acids is 2. The van der Waals surface area contributed by atoms with Crippen molar-refractivity contribution < 1.29 is 39.9 Å². The lowest BCUT2D eigenvalue weighted by Crippen LogP contribution is -2.67. The van der Waals surface area contributed by atoms with E-state index in [0.717, 1.165) is 17.3 Å². The van der Waals surface area contributed by atoms with Crippen LogP contribution in [0.5, 0.6) is 0 Å². The summed E-state index contributed by atoms with van der Waals surface area (Å²) in [5.74, 6) is -1.93. The third-order valence-electron chi connectivity index (χ3n) is 4.49. The highest BCUT2D eigenvalue weighted by atomic mass is 32.2. The number of carboxylic acid groups (broad SMARTS) is 1. The van der Waals surface area contributed by atoms with Gasteiger partial charge in [-0.3, -0.25) is 4.79 Å². The molecule has 10 nitrogen and oxygen atoms in total. The molecule has 0 bridgehead atoms. The second kappa shape index (κ2) is 10.9. The van der Waals surface area contributed by atoms with Crippen molar-refractivity contribution in [2.45, 2.75) is 54.5 Å². The number of rotatable bonds is 8. The number of aliphatic hydroxyl groups is 4. The summed E-state index contributed by atoms with van der Waals surface area (Å²) < 4.78 is 5.63. The van der Waals surface area contributed by atoms with Gasteiger partial charge < -0.3 is 46.5 Å². The van der Waals surface area contributed by atoms with E-state index in [1.807, 2.05) is 6.07 Å². The van der Waals surface area contributed by atoms with E-state index in [9.17, 15) is 30.0 Å². The number of aliphatic carboxylic acids is 1. The van der Waals surface area contributed by atoms with Crippen molar-refractivity contribution in [1.29, 1.82) is 0 Å². The van der Waals surface area contributed by atoms with E-state index in [0.29, 0.717) is 0 Å². The average molecular weight is 432 g/mol. The Morgan fingerprint density at radius 2 is 1.97 bits per heavy atom. The minimum Gasteiger partial charge on any atom is -0.546 e. The number of carboxylic acids is 1. The van der Waals surface area contributed by atoms with Gasteiger partial charge in [-0.2, -0.15) is 0 Å². The minimum atomic E-state index is -2.02. The van der Waals surface area contributed by atoms with E-state index in [2.05, 4.69) is 5.32 Å². The maximum Gasteiger partial charge on any atom is 0.217 e. The smallest absolute Gasteiger partial charge is 0.217 e. The van der Waals surface area contributed by atoms with Crippen LogP contribution in [0.3, 0.4) is 0 Å². The zero-order valence-corrected chi connectivity index (χ0v) is 17.0. The van der Waals surface area contributed by atoms with Gasteiger partial charge in [0.1, 0.15) is 18.3 Å². The van der Waals surface area contributed by atoms with E-state index in [1.165, 1.54) is 6.92 Å². The molecule has 0 spiro atoms. The molecule has 0 radical (unpaired) electrons. The summed E-state index contributed by atoms with van der Waals surface area (Å²) >= 11 is 0.859. The van der Waals surface area contributed by atoms with E-state index in [4.69, 9.17) is 9.84 Å². The fourth-order valence-corrected chi connectivity index (χ4v) is 4.22. The Morgan fingerprint density at radius 1 is 1.34 bits per heavy atom. The number of hydrogen-bond donors (Lipinski definition) is 6. The van der Waals surface area contributed by atoms with Crippen LogP contribution >= 0.6 is 11.8 Å². The topological polar surface area (TPSA) is 196 Å². The Morgan fingerprint density at radius 3 is 2.48 bits per heavy atom. The van der Waals surface area contributed by atoms with Crippen LogP contribution in [0.1, 0.15) is 18.9 Å². The number of nitrogens with one attached hydrogen (secondary N) is 1. The minimum absolute atomic E-state index is 0. The van der Waals surface area contributed by atoms with Crippen LogP contribution in [-0.4, -0.2) is 74.3 Å². The van der Waals surface area contributed by atoms with E-state index >= 15 is 0 Å². The molecule has 0 saturated carbocycles. The first-order chi connectivity index (χ1) is 13.2. The lowest BCUT2D eigenvalue weighted by atomic mass is 9.90. The Labute approximate surface area is 172 Å². The molecule has 11 heteroatoms. The highest BCUT2D eigenvalue weighted by molar-refractivity contribution is 8.00. The molecule has 0 unspecified atom stereocenters. The van der Waals surface area contributed by atoms with Gasteiger partial charge in [-0.1, -0.05) is 30.3 Å². The quantitative estimate of drug-likeness (QED) is 0.272. The van der Waals surface area contributed by atoms with Crippen LogP contribution in [0.15, 0.2) is 30.3 Å². The standard InChI is InChI=1S/C18H25NO8S.H3N/c1-10(21)19-14-12(22)7-18(17(25)26,27-16(14)15(24)13(23)8-20)28-9-11-5-3-2-4-6-11;/h2-6,12-16,20,22-24H,7-9H2,1H3,(H,19,21)(H,25,26);1H3/t12-,13+,14+,15+,16+,18+;/m0./s1. The Balaban J connectivity index is 0.00000420. The first-order valence-corrected chi connectivity index (χ1v) is 9.68. The van der Waals surface area contributed by atoms with Crippen LogP contribution in [0.4, 0.5) is 0 Å². The molecule has 1 fully saturated rings. The number of carbonyl (C=O) groups is 2. The van der Waals surface area contributed by atoms with Crippen molar-refractivity contribution >= 4 is 23.6 Å². The number of hydrogen-bond acceptors (Lipinski definition) is 9. The second-order valence-corrected chi connectivity index (χ2v) is 7.87. The largest absolute Gasteiger partial charge is 0.546 e. The summed E-state index contributed by atoms with van der Waals surface area (Å²) in [7, 11) is 0. The molecule has 1 heterocycles. The molecular formula is C18H28N2O8S. The van der Waals surface area contributed by atoms with Crippen molar-refractivity contribution in [2.24, 2.45) is 0 Å². The predicted molar refractivity (Wildman–Crippen MR) is 104 cm³/mol. The molecular weight excluding hydrogens is 404 g/mol. The van der Waals surface area contributed by atoms with Crippen LogP contribution < -0.4 is 16.6 Å². The zero-order chi connectivity index (χ0) is 20.9. The molecule has 164 valence electrons. The lowest BCUT2D eigenvalue weighted by molar-refractivity contribution is -0.329. The number of thioether (sulfide) groups is 1. The summed E-state index contributed by atoms with van der Waals surface area (Å²) in [5.41, 5.74) is 0.808. The Hall–Kier alpha value is -1.73. The van der Waals surface area contributed by atoms with Gasteiger partial charge in [0.2, 0.25) is 5.91 Å². The summed E-state index contributed by atoms with van der Waals surface area (Å²) in [6, 6.07) is 7.78. The van der Waals surface area contributed by atoms with Gasteiger partial charge in [0.25, 0.3) is 0 Å². The molecule has 1 aliphatic heterocycles. The molecule has 1 aromatic carbocycles. The summed E-state index contributed by atoms with van der Waals surface area (Å²) in [4.78, 5) is 21.4. The van der Waals surface area contributed by atoms with Crippen molar-refractivity contribution in [3.8, 4) is 0 Å². The third-order valence-corrected chi connectivity index (χ3v) is 5.86. The number of quaternary nitrogens is 1. The zero-order valence-electron chi connectivity index (χ0n) is 16.2. The summed E-state index contributed by atoms with van der Waals surface area (Å²) in [6.45, 7) is 0.364. The van der Waals surface area contributed by atoms with Gasteiger partial charge in [0, 0.05) is 19.1 Å². The van der Waals surface area contributed by atoms with Gasteiger partial charge in [-0.05, 0) is 5.56 Å². The molecule has 2 rings (SSSR count). The monoisotopic (exact) mass is 432 g/mol. The van der Waals surface area contributed by atoms with Crippen molar-refractivity contribution in [3.05, 3.63) is 35.9 Å². The first-order valence-electron chi connectivity index (χ1n) is 8.69. The summed E-state index contributed by atoms with van der Waals surface area (Å²) in [6.07, 6.45) is -6.71. The fraction of sp³-hybridized carbons (Fsp3) is 0.556. The lowest BCUT2D eigenvalue weighted by Gasteiger charge is -2.49. The number of ether oxygens (including phenoxy) is 1. The molecule has 1 amide bonds. The third kappa shape index (κ3) is 6.12. The van der Waals surface area contributed by atoms with Crippen molar-refractivity contribution in [2.75, 3.05) is 6.61 Å². The second-order valence-electron chi connectivity index (χ2n) is 6.64. The van der Waals surface area contributed by atoms with Crippen molar-refractivity contribution in [1.82, 2.24) is 11.5 Å². The molecule has 9 N–H and O–H groups in total. The molecule has 0 aliphatic carbocycles. The van der Waals surface area contributed by atoms with Gasteiger partial charge in [0.05, 0.1) is 24.7 Å². The van der Waals surface area contributed by atoms with E-state index in [1.54, 1.807) is 24.3 Å². The normalized spacial score (nSPS) is 28.7. The Bertz CT molecular complexity index is 679. The van der Waals surface area contributed by atoms with Crippen LogP contribution in [0, 0.1) is 0 Å². The van der Waals surface area contributed by atoms with Gasteiger partial charge in [-0.25, -0.2) is 0 Å². The molecule has 29 heavy (non-hydrogen) atoms. The number of amides is 1. The highest BCUT2D eigenvalue weighted by Crippen LogP contribution is 2.41. The predicted octanol–water partition coefficient (Wildman–Crippen LogP) is -1.89. The molecule has 1 aromatic rings. The van der Waals surface area contributed by atoms with Gasteiger partial charge in [0.15, 0.2) is 4.93 Å². The number of benzene rings is 1. The maximum absolute atomic E-state index is 11.9. The van der Waals surface area contributed by atoms with Crippen molar-refractivity contribution in [3.63, 3.8) is 0 Å². The first kappa shape index (κ1) is 25.3. The van der Waals surface area contributed by atoms with Gasteiger partial charge >= 0.3 is 0 Å². The highest BCUT2D eigenvalue weighted by Gasteiger charge is 2.51. The number of aliphatic hydroxyl groups excluding tert-OH is 4. The summed E-state index contributed by atoms with van der Waals surface area (Å²) in [5, 5.41) is 54.1. The van der Waals surface area contributed by atoms with Gasteiger partial charge in [-0.15, -0.1) is 11.8 Å². The van der Waals surface area contributed by atoms with Crippen LogP contribution in [0.2, 0.25) is 0 Å². The molecule has 6 atom stereocenters. The molecule has 1 saturated heterocycles.